The minimum absolute atomic E-state index is 0.108. The van der Waals surface area contributed by atoms with E-state index in [-0.39, 0.29) is 11.3 Å². The molecule has 0 aromatic heterocycles. The molecule has 2 aromatic rings. The minimum Gasteiger partial charge on any atom is -0.454 e. The lowest BCUT2D eigenvalue weighted by atomic mass is 10.2. The Morgan fingerprint density at radius 3 is 2.44 bits per heavy atom. The number of hydrogen-bond donors (Lipinski definition) is 0. The van der Waals surface area contributed by atoms with Crippen molar-refractivity contribution in [2.45, 2.75) is 0 Å². The monoisotopic (exact) mass is 216 g/mol. The maximum absolute atomic E-state index is 13.4. The highest BCUT2D eigenvalue weighted by atomic mass is 19.1. The zero-order chi connectivity index (χ0) is 11.4. The van der Waals surface area contributed by atoms with Gasteiger partial charge in [-0.2, -0.15) is 0 Å². The summed E-state index contributed by atoms with van der Waals surface area (Å²) in [4.78, 5) is 10.4. The van der Waals surface area contributed by atoms with Crippen molar-refractivity contribution in [3.05, 3.63) is 59.9 Å². The lowest BCUT2D eigenvalue weighted by Gasteiger charge is -2.06. The zero-order valence-electron chi connectivity index (χ0n) is 8.39. The predicted octanol–water partition coefficient (Wildman–Crippen LogP) is 3.43. The van der Waals surface area contributed by atoms with Crippen LogP contribution in [0.25, 0.3) is 0 Å². The first-order chi connectivity index (χ1) is 7.79. The molecule has 2 nitrogen and oxygen atoms in total. The van der Waals surface area contributed by atoms with Crippen LogP contribution in [0.1, 0.15) is 10.4 Å². The molecule has 2 rings (SSSR count). The van der Waals surface area contributed by atoms with E-state index >= 15 is 0 Å². The van der Waals surface area contributed by atoms with E-state index in [9.17, 15) is 9.18 Å². The smallest absolute Gasteiger partial charge is 0.166 e. The lowest BCUT2D eigenvalue weighted by molar-refractivity contribution is 0.112. The van der Waals surface area contributed by atoms with E-state index < -0.39 is 5.82 Å². The van der Waals surface area contributed by atoms with Gasteiger partial charge in [-0.25, -0.2) is 4.39 Å². The Balaban J connectivity index is 2.25. The standard InChI is InChI=1S/C13H9FO2/c14-12-8-10(9-15)6-7-13(12)16-11-4-2-1-3-5-11/h1-9H. The summed E-state index contributed by atoms with van der Waals surface area (Å²) in [6.45, 7) is 0. The molecule has 0 bridgehead atoms. The number of carbonyl (C=O) groups is 1. The first-order valence-electron chi connectivity index (χ1n) is 4.77. The van der Waals surface area contributed by atoms with Crippen molar-refractivity contribution in [3.8, 4) is 11.5 Å². The molecular weight excluding hydrogens is 207 g/mol. The molecule has 2 aromatic carbocycles. The summed E-state index contributed by atoms with van der Waals surface area (Å²) in [5.74, 6) is 0.116. The Morgan fingerprint density at radius 1 is 1.06 bits per heavy atom. The number of benzene rings is 2. The van der Waals surface area contributed by atoms with Gasteiger partial charge in [0, 0.05) is 5.56 Å². The van der Waals surface area contributed by atoms with E-state index in [1.807, 2.05) is 6.07 Å². The van der Waals surface area contributed by atoms with Crippen molar-refractivity contribution in [2.75, 3.05) is 0 Å². The summed E-state index contributed by atoms with van der Waals surface area (Å²) in [5.41, 5.74) is 0.290. The van der Waals surface area contributed by atoms with Gasteiger partial charge < -0.3 is 4.74 Å². The fourth-order valence-corrected chi connectivity index (χ4v) is 1.29. The average molecular weight is 216 g/mol. The summed E-state index contributed by atoms with van der Waals surface area (Å²) in [5, 5.41) is 0. The Hall–Kier alpha value is -2.16. The maximum atomic E-state index is 13.4. The highest BCUT2D eigenvalue weighted by Gasteiger charge is 2.05. The Morgan fingerprint density at radius 2 is 1.81 bits per heavy atom. The van der Waals surface area contributed by atoms with Crippen LogP contribution >= 0.6 is 0 Å². The third-order valence-corrected chi connectivity index (χ3v) is 2.06. The molecule has 0 aliphatic rings. The molecule has 16 heavy (non-hydrogen) atoms. The van der Waals surface area contributed by atoms with Gasteiger partial charge in [-0.3, -0.25) is 4.79 Å². The molecule has 0 heterocycles. The Kier molecular flexibility index (Phi) is 2.96. The van der Waals surface area contributed by atoms with Crippen LogP contribution in [0.5, 0.6) is 11.5 Å². The van der Waals surface area contributed by atoms with Crippen LogP contribution in [0, 0.1) is 5.82 Å². The number of para-hydroxylation sites is 1. The van der Waals surface area contributed by atoms with Gasteiger partial charge in [0.05, 0.1) is 0 Å². The summed E-state index contributed by atoms with van der Waals surface area (Å²) in [6, 6.07) is 13.0. The van der Waals surface area contributed by atoms with Crippen LogP contribution in [0.2, 0.25) is 0 Å². The number of rotatable bonds is 3. The van der Waals surface area contributed by atoms with E-state index in [0.717, 1.165) is 6.07 Å². The first kappa shape index (κ1) is 10.4. The van der Waals surface area contributed by atoms with Crippen molar-refractivity contribution in [3.63, 3.8) is 0 Å². The van der Waals surface area contributed by atoms with E-state index in [1.54, 1.807) is 24.3 Å². The van der Waals surface area contributed by atoms with Crippen molar-refractivity contribution in [2.24, 2.45) is 0 Å². The molecule has 0 amide bonds. The van der Waals surface area contributed by atoms with Crippen LogP contribution in [0.15, 0.2) is 48.5 Å². The highest BCUT2D eigenvalue weighted by molar-refractivity contribution is 5.75. The second-order valence-corrected chi connectivity index (χ2v) is 3.22. The fraction of sp³-hybridized carbons (Fsp3) is 0. The minimum atomic E-state index is -0.548. The topological polar surface area (TPSA) is 26.3 Å². The number of ether oxygens (including phenoxy) is 1. The zero-order valence-corrected chi connectivity index (χ0v) is 8.39. The first-order valence-corrected chi connectivity index (χ1v) is 4.77. The molecule has 0 saturated heterocycles. The van der Waals surface area contributed by atoms with Gasteiger partial charge in [0.15, 0.2) is 11.6 Å². The molecule has 0 spiro atoms. The van der Waals surface area contributed by atoms with Gasteiger partial charge in [-0.05, 0) is 30.3 Å². The fourth-order valence-electron chi connectivity index (χ4n) is 1.29. The maximum Gasteiger partial charge on any atom is 0.166 e. The van der Waals surface area contributed by atoms with Gasteiger partial charge in [-0.15, -0.1) is 0 Å². The van der Waals surface area contributed by atoms with Crippen molar-refractivity contribution >= 4 is 6.29 Å². The van der Waals surface area contributed by atoms with Crippen molar-refractivity contribution in [1.82, 2.24) is 0 Å². The molecule has 0 unspecified atom stereocenters. The second kappa shape index (κ2) is 4.57. The quantitative estimate of drug-likeness (QED) is 0.734. The molecule has 0 fully saturated rings. The van der Waals surface area contributed by atoms with E-state index in [4.69, 9.17) is 4.74 Å². The number of halogens is 1. The summed E-state index contributed by atoms with van der Waals surface area (Å²) in [6.07, 6.45) is 0.593. The molecule has 80 valence electrons. The molecule has 0 atom stereocenters. The molecule has 0 N–H and O–H groups in total. The molecule has 3 heteroatoms. The molecule has 0 aliphatic heterocycles. The van der Waals surface area contributed by atoms with Gasteiger partial charge in [0.25, 0.3) is 0 Å². The third-order valence-electron chi connectivity index (χ3n) is 2.06. The van der Waals surface area contributed by atoms with Crippen LogP contribution in [-0.4, -0.2) is 6.29 Å². The SMILES string of the molecule is O=Cc1ccc(Oc2ccccc2)c(F)c1. The number of carbonyl (C=O) groups excluding carboxylic acids is 1. The lowest BCUT2D eigenvalue weighted by Crippen LogP contribution is -1.90. The third kappa shape index (κ3) is 2.25. The van der Waals surface area contributed by atoms with Crippen molar-refractivity contribution < 1.29 is 13.9 Å². The normalized spacial score (nSPS) is 9.81. The Labute approximate surface area is 92.3 Å². The van der Waals surface area contributed by atoms with Crippen LogP contribution in [0.3, 0.4) is 0 Å². The summed E-state index contributed by atoms with van der Waals surface area (Å²) < 4.78 is 18.8. The average Bonchev–Trinajstić information content (AvgIpc) is 2.33. The second-order valence-electron chi connectivity index (χ2n) is 3.22. The highest BCUT2D eigenvalue weighted by Crippen LogP contribution is 2.24. The van der Waals surface area contributed by atoms with Gasteiger partial charge in [-0.1, -0.05) is 18.2 Å². The summed E-state index contributed by atoms with van der Waals surface area (Å²) >= 11 is 0. The Bertz CT molecular complexity index is 495. The van der Waals surface area contributed by atoms with Gasteiger partial charge >= 0.3 is 0 Å². The molecule has 0 radical (unpaired) electrons. The van der Waals surface area contributed by atoms with Crippen LogP contribution < -0.4 is 4.74 Å². The predicted molar refractivity (Wildman–Crippen MR) is 58.3 cm³/mol. The van der Waals surface area contributed by atoms with E-state index in [1.165, 1.54) is 12.1 Å². The van der Waals surface area contributed by atoms with Gasteiger partial charge in [0.2, 0.25) is 0 Å². The van der Waals surface area contributed by atoms with Crippen LogP contribution in [0.4, 0.5) is 4.39 Å². The van der Waals surface area contributed by atoms with E-state index in [2.05, 4.69) is 0 Å². The van der Waals surface area contributed by atoms with E-state index in [0.29, 0.717) is 12.0 Å². The van der Waals surface area contributed by atoms with Gasteiger partial charge in [0.1, 0.15) is 12.0 Å². The molecule has 0 saturated carbocycles. The van der Waals surface area contributed by atoms with Crippen LogP contribution in [-0.2, 0) is 0 Å². The largest absolute Gasteiger partial charge is 0.454 e. The van der Waals surface area contributed by atoms with Crippen molar-refractivity contribution in [1.29, 1.82) is 0 Å². The molecular formula is C13H9FO2. The summed E-state index contributed by atoms with van der Waals surface area (Å²) in [7, 11) is 0. The number of aldehydes is 1. The number of hydrogen-bond acceptors (Lipinski definition) is 2. The molecule has 0 aliphatic carbocycles.